The topological polar surface area (TPSA) is 64.6 Å². The summed E-state index contributed by atoms with van der Waals surface area (Å²) >= 11 is 0. The van der Waals surface area contributed by atoms with Crippen LogP contribution in [0.25, 0.3) is 0 Å². The lowest BCUT2D eigenvalue weighted by atomic mass is 10.5. The molecule has 0 aromatic heterocycles. The summed E-state index contributed by atoms with van der Waals surface area (Å²) in [4.78, 5) is 29.3. The highest BCUT2D eigenvalue weighted by molar-refractivity contribution is 5.69. The summed E-state index contributed by atoms with van der Waals surface area (Å²) in [6.07, 6.45) is 0.466. The minimum Gasteiger partial charge on any atom is -0.336 e. The lowest BCUT2D eigenvalue weighted by molar-refractivity contribution is -0.198. The smallest absolute Gasteiger partial charge is 0.328 e. The van der Waals surface area contributed by atoms with Crippen LogP contribution >= 0.6 is 0 Å². The molecular formula is C6H11NO4. The Balaban J connectivity index is 3.27. The molecule has 0 fully saturated rings. The van der Waals surface area contributed by atoms with Crippen molar-refractivity contribution in [2.75, 3.05) is 0 Å². The summed E-state index contributed by atoms with van der Waals surface area (Å²) in [5.74, 6) is -0.956. The van der Waals surface area contributed by atoms with Crippen LogP contribution in [0.3, 0.4) is 0 Å². The molecule has 5 nitrogen and oxygen atoms in total. The van der Waals surface area contributed by atoms with Gasteiger partial charge in [-0.15, -0.1) is 0 Å². The summed E-state index contributed by atoms with van der Waals surface area (Å²) in [6.45, 7) is 3.26. The summed E-state index contributed by atoms with van der Waals surface area (Å²) in [5.41, 5.74) is 1.79. The first kappa shape index (κ1) is 9.90. The van der Waals surface area contributed by atoms with Gasteiger partial charge in [0.25, 0.3) is 0 Å². The van der Waals surface area contributed by atoms with Gasteiger partial charge in [0.1, 0.15) is 0 Å². The molecule has 64 valence electrons. The largest absolute Gasteiger partial charge is 0.336 e. The van der Waals surface area contributed by atoms with E-state index in [9.17, 15) is 9.59 Å². The summed E-state index contributed by atoms with van der Waals surface area (Å²) in [5, 5.41) is 0. The SMILES string of the molecule is CCC(=O)ONOC(=O)CC. The van der Waals surface area contributed by atoms with Crippen molar-refractivity contribution < 1.29 is 19.3 Å². The zero-order chi connectivity index (χ0) is 8.69. The molecule has 0 aliphatic heterocycles. The van der Waals surface area contributed by atoms with Crippen LogP contribution in [-0.2, 0) is 19.3 Å². The van der Waals surface area contributed by atoms with E-state index < -0.39 is 11.9 Å². The molecule has 0 amide bonds. The van der Waals surface area contributed by atoms with Crippen LogP contribution in [0.1, 0.15) is 26.7 Å². The molecular weight excluding hydrogens is 150 g/mol. The maximum Gasteiger partial charge on any atom is 0.328 e. The molecule has 11 heavy (non-hydrogen) atoms. The first-order chi connectivity index (χ1) is 5.20. The number of rotatable bonds is 4. The second-order valence-corrected chi connectivity index (χ2v) is 1.74. The molecule has 0 aromatic carbocycles. The molecule has 0 bridgehead atoms. The third-order valence-corrected chi connectivity index (χ3v) is 0.888. The number of hydrogen-bond donors (Lipinski definition) is 1. The van der Waals surface area contributed by atoms with Gasteiger partial charge < -0.3 is 9.68 Å². The fraction of sp³-hybridized carbons (Fsp3) is 0.667. The second kappa shape index (κ2) is 5.67. The highest BCUT2D eigenvalue weighted by atomic mass is 16.9. The highest BCUT2D eigenvalue weighted by Crippen LogP contribution is 1.82. The van der Waals surface area contributed by atoms with Crippen LogP contribution < -0.4 is 5.64 Å². The molecule has 0 rings (SSSR count). The molecule has 0 saturated heterocycles. The molecule has 0 aliphatic rings. The Morgan fingerprint density at radius 1 is 1.09 bits per heavy atom. The summed E-state index contributed by atoms with van der Waals surface area (Å²) in [6, 6.07) is 0. The zero-order valence-electron chi connectivity index (χ0n) is 6.55. The van der Waals surface area contributed by atoms with E-state index >= 15 is 0 Å². The van der Waals surface area contributed by atoms with E-state index in [4.69, 9.17) is 0 Å². The van der Waals surface area contributed by atoms with E-state index in [2.05, 4.69) is 9.68 Å². The number of carbonyl (C=O) groups excluding carboxylic acids is 2. The minimum atomic E-state index is -0.478. The molecule has 0 atom stereocenters. The quantitative estimate of drug-likeness (QED) is 0.601. The highest BCUT2D eigenvalue weighted by Gasteiger charge is 2.00. The van der Waals surface area contributed by atoms with Crippen molar-refractivity contribution in [3.8, 4) is 0 Å². The third-order valence-electron chi connectivity index (χ3n) is 0.888. The number of nitrogens with one attached hydrogen (secondary N) is 1. The van der Waals surface area contributed by atoms with E-state index in [1.807, 2.05) is 0 Å². The molecule has 5 heteroatoms. The number of hydrogen-bond acceptors (Lipinski definition) is 5. The van der Waals surface area contributed by atoms with Gasteiger partial charge in [-0.05, 0) is 0 Å². The maximum absolute atomic E-state index is 10.4. The standard InChI is InChI=1S/C6H11NO4/c1-3-5(8)10-7-11-6(9)4-2/h7H,3-4H2,1-2H3. The van der Waals surface area contributed by atoms with Crippen molar-refractivity contribution in [1.82, 2.24) is 5.64 Å². The zero-order valence-corrected chi connectivity index (χ0v) is 6.55. The Morgan fingerprint density at radius 3 is 1.73 bits per heavy atom. The van der Waals surface area contributed by atoms with Crippen molar-refractivity contribution in [1.29, 1.82) is 0 Å². The summed E-state index contributed by atoms with van der Waals surface area (Å²) < 4.78 is 0. The lowest BCUT2D eigenvalue weighted by Crippen LogP contribution is -2.22. The Morgan fingerprint density at radius 2 is 1.45 bits per heavy atom. The third kappa shape index (κ3) is 5.35. The minimum absolute atomic E-state index is 0.233. The Kier molecular flexibility index (Phi) is 5.10. The van der Waals surface area contributed by atoms with Crippen molar-refractivity contribution >= 4 is 11.9 Å². The van der Waals surface area contributed by atoms with E-state index in [0.717, 1.165) is 0 Å². The molecule has 0 aromatic rings. The molecule has 1 N–H and O–H groups in total. The van der Waals surface area contributed by atoms with Gasteiger partial charge in [-0.2, -0.15) is 0 Å². The predicted molar refractivity (Wildman–Crippen MR) is 35.9 cm³/mol. The van der Waals surface area contributed by atoms with Crippen molar-refractivity contribution in [2.45, 2.75) is 26.7 Å². The molecule has 0 saturated carbocycles. The average molecular weight is 161 g/mol. The molecule has 0 spiro atoms. The lowest BCUT2D eigenvalue weighted by Gasteiger charge is -2.02. The van der Waals surface area contributed by atoms with E-state index in [0.29, 0.717) is 0 Å². The van der Waals surface area contributed by atoms with E-state index in [1.54, 1.807) is 19.5 Å². The van der Waals surface area contributed by atoms with Gasteiger partial charge in [-0.3, -0.25) is 9.59 Å². The number of carbonyl (C=O) groups is 2. The van der Waals surface area contributed by atoms with Gasteiger partial charge in [0.05, 0.1) is 0 Å². The van der Waals surface area contributed by atoms with Gasteiger partial charge in [-0.25, -0.2) is 0 Å². The van der Waals surface area contributed by atoms with Crippen LogP contribution in [-0.4, -0.2) is 11.9 Å². The van der Waals surface area contributed by atoms with Gasteiger partial charge in [0, 0.05) is 18.5 Å². The first-order valence-corrected chi connectivity index (χ1v) is 3.35. The van der Waals surface area contributed by atoms with Crippen molar-refractivity contribution in [3.63, 3.8) is 0 Å². The fourth-order valence-corrected chi connectivity index (χ4v) is 0.258. The predicted octanol–water partition coefficient (Wildman–Crippen LogP) is 0.312. The fourth-order valence-electron chi connectivity index (χ4n) is 0.258. The van der Waals surface area contributed by atoms with Gasteiger partial charge >= 0.3 is 11.9 Å². The maximum atomic E-state index is 10.4. The van der Waals surface area contributed by atoms with Gasteiger partial charge in [-0.1, -0.05) is 13.8 Å². The molecule has 0 aliphatic carbocycles. The van der Waals surface area contributed by atoms with E-state index in [-0.39, 0.29) is 12.8 Å². The monoisotopic (exact) mass is 161 g/mol. The van der Waals surface area contributed by atoms with Crippen molar-refractivity contribution in [3.05, 3.63) is 0 Å². The van der Waals surface area contributed by atoms with Crippen LogP contribution in [0, 0.1) is 0 Å². The van der Waals surface area contributed by atoms with Crippen LogP contribution in [0.4, 0.5) is 0 Å². The van der Waals surface area contributed by atoms with Crippen molar-refractivity contribution in [2.24, 2.45) is 0 Å². The second-order valence-electron chi connectivity index (χ2n) is 1.74. The van der Waals surface area contributed by atoms with Gasteiger partial charge in [0.2, 0.25) is 0 Å². The first-order valence-electron chi connectivity index (χ1n) is 3.35. The summed E-state index contributed by atoms with van der Waals surface area (Å²) in [7, 11) is 0. The normalized spacial score (nSPS) is 8.91. The average Bonchev–Trinajstić information content (AvgIpc) is 2.04. The Labute approximate surface area is 64.6 Å². The Bertz CT molecular complexity index is 130. The van der Waals surface area contributed by atoms with Crippen LogP contribution in [0.5, 0.6) is 0 Å². The van der Waals surface area contributed by atoms with Crippen LogP contribution in [0.2, 0.25) is 0 Å². The van der Waals surface area contributed by atoms with Gasteiger partial charge in [0.15, 0.2) is 0 Å². The molecule has 0 unspecified atom stereocenters. The molecule has 0 heterocycles. The molecule has 0 radical (unpaired) electrons. The van der Waals surface area contributed by atoms with Crippen LogP contribution in [0.15, 0.2) is 0 Å². The van der Waals surface area contributed by atoms with E-state index in [1.165, 1.54) is 0 Å². The Hall–Kier alpha value is -1.10.